The van der Waals surface area contributed by atoms with E-state index in [0.29, 0.717) is 33.8 Å². The van der Waals surface area contributed by atoms with Crippen molar-refractivity contribution in [3.63, 3.8) is 0 Å². The number of carbonyl (C=O) groups excluding carboxylic acids is 1. The number of rotatable bonds is 3. The topological polar surface area (TPSA) is 81.2 Å². The summed E-state index contributed by atoms with van der Waals surface area (Å²) in [5, 5.41) is 7.14. The number of amides is 1. The number of anilines is 1. The third kappa shape index (κ3) is 2.73. The van der Waals surface area contributed by atoms with Crippen molar-refractivity contribution in [2.75, 3.05) is 5.32 Å². The maximum atomic E-state index is 13.5. The van der Waals surface area contributed by atoms with Crippen molar-refractivity contribution in [1.82, 2.24) is 10.1 Å². The van der Waals surface area contributed by atoms with Crippen LogP contribution in [0.25, 0.3) is 22.6 Å². The van der Waals surface area contributed by atoms with Crippen molar-refractivity contribution >= 4 is 22.7 Å². The maximum absolute atomic E-state index is 13.5. The fourth-order valence-electron chi connectivity index (χ4n) is 2.74. The Morgan fingerprint density at radius 2 is 2.04 bits per heavy atom. The van der Waals surface area contributed by atoms with Crippen molar-refractivity contribution < 1.29 is 18.1 Å². The molecule has 1 N–H and O–H groups in total. The third-order valence-corrected chi connectivity index (χ3v) is 4.08. The zero-order chi connectivity index (χ0) is 18.3. The Bertz CT molecular complexity index is 1120. The fourth-order valence-corrected chi connectivity index (χ4v) is 2.74. The van der Waals surface area contributed by atoms with Gasteiger partial charge in [-0.3, -0.25) is 4.79 Å². The number of hydrogen-bond donors (Lipinski definition) is 1. The lowest BCUT2D eigenvalue weighted by molar-refractivity contribution is 0.102. The predicted octanol–water partition coefficient (Wildman–Crippen LogP) is 4.49. The van der Waals surface area contributed by atoms with E-state index >= 15 is 0 Å². The van der Waals surface area contributed by atoms with E-state index in [0.717, 1.165) is 5.56 Å². The van der Waals surface area contributed by atoms with Crippen LogP contribution in [-0.4, -0.2) is 16.0 Å². The number of fused-ring (bicyclic) bond motifs is 1. The molecular weight excluding hydrogens is 337 g/mol. The first-order chi connectivity index (χ1) is 12.5. The van der Waals surface area contributed by atoms with Crippen molar-refractivity contribution in [2.45, 2.75) is 13.8 Å². The number of carbonyl (C=O) groups is 1. The Morgan fingerprint density at radius 3 is 2.81 bits per heavy atom. The Kier molecular flexibility index (Phi) is 3.76. The summed E-state index contributed by atoms with van der Waals surface area (Å²) in [6.07, 6.45) is 1.52. The SMILES string of the molecule is Cc1ccc(F)cc1NC(=O)c1cc(-c2ccco2)nc2onc(C)c12. The summed E-state index contributed by atoms with van der Waals surface area (Å²) in [7, 11) is 0. The number of nitrogens with zero attached hydrogens (tertiary/aromatic N) is 2. The first kappa shape index (κ1) is 16.0. The molecule has 0 fully saturated rings. The van der Waals surface area contributed by atoms with E-state index in [9.17, 15) is 9.18 Å². The van der Waals surface area contributed by atoms with Crippen LogP contribution in [0.3, 0.4) is 0 Å². The Balaban J connectivity index is 1.82. The first-order valence-electron chi connectivity index (χ1n) is 7.91. The molecule has 0 spiro atoms. The lowest BCUT2D eigenvalue weighted by atomic mass is 10.1. The highest BCUT2D eigenvalue weighted by atomic mass is 19.1. The summed E-state index contributed by atoms with van der Waals surface area (Å²) in [5.74, 6) is -0.342. The number of pyridine rings is 1. The second kappa shape index (κ2) is 6.11. The standard InChI is InChI=1S/C19H14FN3O3/c1-10-5-6-12(20)8-14(10)21-18(24)13-9-15(16-4-3-7-25-16)22-19-17(13)11(2)23-26-19/h3-9H,1-2H3,(H,21,24). The molecule has 4 rings (SSSR count). The second-order valence-corrected chi connectivity index (χ2v) is 5.89. The van der Waals surface area contributed by atoms with Gasteiger partial charge in [0.2, 0.25) is 0 Å². The summed E-state index contributed by atoms with van der Waals surface area (Å²) in [6, 6.07) is 9.29. The lowest BCUT2D eigenvalue weighted by Gasteiger charge is -2.10. The minimum atomic E-state index is -0.428. The van der Waals surface area contributed by atoms with E-state index in [1.807, 2.05) is 0 Å². The van der Waals surface area contributed by atoms with Gasteiger partial charge in [-0.1, -0.05) is 11.2 Å². The van der Waals surface area contributed by atoms with Gasteiger partial charge in [0.15, 0.2) is 5.76 Å². The third-order valence-electron chi connectivity index (χ3n) is 4.08. The number of aromatic nitrogens is 2. The van der Waals surface area contributed by atoms with Gasteiger partial charge in [0.25, 0.3) is 11.6 Å². The summed E-state index contributed by atoms with van der Waals surface area (Å²) < 4.78 is 24.1. The van der Waals surface area contributed by atoms with Crippen molar-refractivity contribution in [2.24, 2.45) is 0 Å². The van der Waals surface area contributed by atoms with E-state index in [2.05, 4.69) is 15.5 Å². The van der Waals surface area contributed by atoms with Crippen molar-refractivity contribution in [1.29, 1.82) is 0 Å². The van der Waals surface area contributed by atoms with Crippen LogP contribution in [0.1, 0.15) is 21.6 Å². The number of furan rings is 1. The van der Waals surface area contributed by atoms with Gasteiger partial charge in [0.1, 0.15) is 11.5 Å². The molecule has 6 nitrogen and oxygen atoms in total. The van der Waals surface area contributed by atoms with Crippen LogP contribution in [-0.2, 0) is 0 Å². The Morgan fingerprint density at radius 1 is 1.19 bits per heavy atom. The molecule has 130 valence electrons. The number of nitrogens with one attached hydrogen (secondary N) is 1. The van der Waals surface area contributed by atoms with E-state index in [-0.39, 0.29) is 5.71 Å². The summed E-state index contributed by atoms with van der Waals surface area (Å²) in [5.41, 5.74) is 2.69. The monoisotopic (exact) mass is 351 g/mol. The molecule has 3 aromatic heterocycles. The number of benzene rings is 1. The molecule has 1 aromatic carbocycles. The molecule has 0 unspecified atom stereocenters. The smallest absolute Gasteiger partial charge is 0.259 e. The molecule has 0 saturated heterocycles. The van der Waals surface area contributed by atoms with Crippen LogP contribution in [0, 0.1) is 19.7 Å². The fraction of sp³-hybridized carbons (Fsp3) is 0.105. The van der Waals surface area contributed by atoms with Crippen LogP contribution >= 0.6 is 0 Å². The largest absolute Gasteiger partial charge is 0.463 e. The molecule has 3 heterocycles. The summed E-state index contributed by atoms with van der Waals surface area (Å²) in [6.45, 7) is 3.51. The average molecular weight is 351 g/mol. The Hall–Kier alpha value is -3.48. The minimum Gasteiger partial charge on any atom is -0.463 e. The van der Waals surface area contributed by atoms with E-state index in [1.54, 1.807) is 38.1 Å². The van der Waals surface area contributed by atoms with Gasteiger partial charge in [0, 0.05) is 5.69 Å². The quantitative estimate of drug-likeness (QED) is 0.588. The normalized spacial score (nSPS) is 11.0. The summed E-state index contributed by atoms with van der Waals surface area (Å²) >= 11 is 0. The molecule has 4 aromatic rings. The second-order valence-electron chi connectivity index (χ2n) is 5.89. The molecule has 0 aliphatic carbocycles. The van der Waals surface area contributed by atoms with Crippen LogP contribution in [0.4, 0.5) is 10.1 Å². The van der Waals surface area contributed by atoms with Gasteiger partial charge in [0.05, 0.1) is 22.9 Å². The van der Waals surface area contributed by atoms with Crippen molar-refractivity contribution in [3.8, 4) is 11.5 Å². The highest BCUT2D eigenvalue weighted by molar-refractivity contribution is 6.13. The van der Waals surface area contributed by atoms with Gasteiger partial charge in [-0.15, -0.1) is 0 Å². The minimum absolute atomic E-state index is 0.234. The Labute approximate surface area is 147 Å². The van der Waals surface area contributed by atoms with Gasteiger partial charge >= 0.3 is 0 Å². The van der Waals surface area contributed by atoms with Crippen LogP contribution in [0.2, 0.25) is 0 Å². The molecule has 0 radical (unpaired) electrons. The van der Waals surface area contributed by atoms with Gasteiger partial charge in [-0.05, 0) is 49.7 Å². The molecule has 7 heteroatoms. The first-order valence-corrected chi connectivity index (χ1v) is 7.91. The predicted molar refractivity (Wildman–Crippen MR) is 93.3 cm³/mol. The summed E-state index contributed by atoms with van der Waals surface area (Å²) in [4.78, 5) is 17.3. The van der Waals surface area contributed by atoms with E-state index < -0.39 is 11.7 Å². The lowest BCUT2D eigenvalue weighted by Crippen LogP contribution is -2.14. The van der Waals surface area contributed by atoms with Gasteiger partial charge in [-0.2, -0.15) is 0 Å². The average Bonchev–Trinajstić information content (AvgIpc) is 3.28. The zero-order valence-electron chi connectivity index (χ0n) is 14.0. The van der Waals surface area contributed by atoms with E-state index in [4.69, 9.17) is 8.94 Å². The molecule has 0 aliphatic heterocycles. The van der Waals surface area contributed by atoms with Gasteiger partial charge in [-0.25, -0.2) is 9.37 Å². The number of aryl methyl sites for hydroxylation is 2. The molecule has 0 saturated carbocycles. The zero-order valence-corrected chi connectivity index (χ0v) is 14.0. The molecule has 1 amide bonds. The van der Waals surface area contributed by atoms with E-state index in [1.165, 1.54) is 18.4 Å². The molecule has 0 atom stereocenters. The molecule has 26 heavy (non-hydrogen) atoms. The van der Waals surface area contributed by atoms with Gasteiger partial charge < -0.3 is 14.3 Å². The maximum Gasteiger partial charge on any atom is 0.259 e. The van der Waals surface area contributed by atoms with Crippen LogP contribution in [0.5, 0.6) is 0 Å². The molecule has 0 bridgehead atoms. The highest BCUT2D eigenvalue weighted by Gasteiger charge is 2.20. The molecule has 0 aliphatic rings. The van der Waals surface area contributed by atoms with Crippen LogP contribution in [0.15, 0.2) is 51.6 Å². The van der Waals surface area contributed by atoms with Crippen LogP contribution < -0.4 is 5.32 Å². The number of hydrogen-bond acceptors (Lipinski definition) is 5. The van der Waals surface area contributed by atoms with Crippen molar-refractivity contribution in [3.05, 3.63) is 65.3 Å². The highest BCUT2D eigenvalue weighted by Crippen LogP contribution is 2.28. The molecular formula is C19H14FN3O3. The number of halogens is 1.